The van der Waals surface area contributed by atoms with E-state index in [1.54, 1.807) is 54.2 Å². The molecular formula is C58H66F3N7O8S2. The summed E-state index contributed by atoms with van der Waals surface area (Å²) in [6, 6.07) is 15.7. The maximum atomic E-state index is 15.4. The number of hydrogen-bond acceptors (Lipinski definition) is 13. The van der Waals surface area contributed by atoms with Gasteiger partial charge in [0.1, 0.15) is 34.3 Å². The molecule has 2 aliphatic carbocycles. The van der Waals surface area contributed by atoms with E-state index >= 15 is 9.59 Å². The fourth-order valence-electron chi connectivity index (χ4n) is 11.1. The first-order valence-electron chi connectivity index (χ1n) is 26.9. The van der Waals surface area contributed by atoms with Crippen LogP contribution in [0.4, 0.5) is 24.5 Å². The number of amides is 3. The quantitative estimate of drug-likeness (QED) is 0.113. The van der Waals surface area contributed by atoms with Crippen LogP contribution in [0, 0.1) is 18.3 Å². The number of benzene rings is 3. The molecule has 78 heavy (non-hydrogen) atoms. The third-order valence-electron chi connectivity index (χ3n) is 16.4. The summed E-state index contributed by atoms with van der Waals surface area (Å²) in [6.07, 6.45) is 2.95. The van der Waals surface area contributed by atoms with E-state index in [0.29, 0.717) is 95.2 Å². The number of fused-ring (bicyclic) bond motifs is 3. The Kier molecular flexibility index (Phi) is 15.2. The zero-order valence-corrected chi connectivity index (χ0v) is 46.2. The van der Waals surface area contributed by atoms with Crippen LogP contribution in [0.5, 0.6) is 11.5 Å². The Morgan fingerprint density at radius 1 is 0.936 bits per heavy atom. The number of Topliss-reactive ketones (excluding diaryl/α,β-unsaturated/α-hetero) is 1. The second kappa shape index (κ2) is 21.6. The number of piperazine rings is 1. The lowest BCUT2D eigenvalue weighted by molar-refractivity contribution is -0.139. The third-order valence-corrected chi connectivity index (χ3v) is 19.4. The summed E-state index contributed by atoms with van der Waals surface area (Å²) in [5.41, 5.74) is 2.17. The highest BCUT2D eigenvalue weighted by atomic mass is 32.2. The van der Waals surface area contributed by atoms with E-state index in [1.807, 2.05) is 47.6 Å². The van der Waals surface area contributed by atoms with Crippen molar-refractivity contribution in [2.24, 2.45) is 11.3 Å². The Balaban J connectivity index is 0.943. The zero-order chi connectivity index (χ0) is 55.3. The van der Waals surface area contributed by atoms with Crippen LogP contribution in [0.1, 0.15) is 118 Å². The number of ketones is 1. The number of carbonyl (C=O) groups is 4. The van der Waals surface area contributed by atoms with Gasteiger partial charge in [0, 0.05) is 78.4 Å². The number of aryl methyl sites for hydroxylation is 1. The van der Waals surface area contributed by atoms with Crippen LogP contribution in [0.25, 0.3) is 21.6 Å². The number of carbonyl (C=O) groups excluding carboxylic acids is 4. The van der Waals surface area contributed by atoms with E-state index in [2.05, 4.69) is 23.9 Å². The minimum absolute atomic E-state index is 0.0106. The summed E-state index contributed by atoms with van der Waals surface area (Å²) in [6.45, 7) is 8.91. The Hall–Kier alpha value is -6.54. The normalized spacial score (nSPS) is 24.2. The molecule has 3 amide bonds. The molecule has 2 saturated heterocycles. The number of hydrogen-bond donors (Lipinski definition) is 2. The van der Waals surface area contributed by atoms with Gasteiger partial charge in [-0.25, -0.2) is 18.4 Å². The predicted molar refractivity (Wildman–Crippen MR) is 293 cm³/mol. The van der Waals surface area contributed by atoms with Gasteiger partial charge in [0.05, 0.1) is 46.6 Å². The molecule has 5 heterocycles. The highest BCUT2D eigenvalue weighted by Crippen LogP contribution is 2.58. The van der Waals surface area contributed by atoms with Crippen molar-refractivity contribution in [1.82, 2.24) is 24.5 Å². The largest absolute Gasteiger partial charge is 0.496 e. The first-order valence-corrected chi connectivity index (χ1v) is 29.3. The van der Waals surface area contributed by atoms with Gasteiger partial charge < -0.3 is 29.5 Å². The van der Waals surface area contributed by atoms with E-state index in [0.717, 1.165) is 36.2 Å². The van der Waals surface area contributed by atoms with E-state index in [-0.39, 0.29) is 68.3 Å². The molecule has 10 rings (SSSR count). The lowest BCUT2D eigenvalue weighted by Gasteiger charge is -2.36. The lowest BCUT2D eigenvalue weighted by atomic mass is 9.91. The van der Waals surface area contributed by atoms with Gasteiger partial charge in [-0.1, -0.05) is 51.0 Å². The van der Waals surface area contributed by atoms with E-state index in [4.69, 9.17) is 19.4 Å². The number of halogens is 3. The first-order chi connectivity index (χ1) is 37.2. The summed E-state index contributed by atoms with van der Waals surface area (Å²) in [5, 5.41) is 6.84. The van der Waals surface area contributed by atoms with E-state index in [9.17, 15) is 31.2 Å². The van der Waals surface area contributed by atoms with E-state index < -0.39 is 56.0 Å². The van der Waals surface area contributed by atoms with Crippen molar-refractivity contribution in [3.8, 4) is 22.2 Å². The summed E-state index contributed by atoms with van der Waals surface area (Å²) < 4.78 is 81.5. The fourth-order valence-corrected chi connectivity index (χ4v) is 13.4. The van der Waals surface area contributed by atoms with Gasteiger partial charge in [-0.3, -0.25) is 23.9 Å². The average Bonchev–Trinajstić information content (AvgIpc) is 4.32. The molecule has 0 bridgehead atoms. The van der Waals surface area contributed by atoms with Crippen LogP contribution >= 0.6 is 11.3 Å². The second-order valence-electron chi connectivity index (χ2n) is 22.2. The molecule has 3 aliphatic heterocycles. The number of allylic oxidation sites excluding steroid dienone is 2. The van der Waals surface area contributed by atoms with Crippen molar-refractivity contribution in [2.45, 2.75) is 127 Å². The predicted octanol–water partition coefficient (Wildman–Crippen LogP) is 10.1. The maximum Gasteiger partial charge on any atom is 0.416 e. The highest BCUT2D eigenvalue weighted by Gasteiger charge is 2.62. The summed E-state index contributed by atoms with van der Waals surface area (Å²) >= 11 is 1.47. The number of pyridine rings is 1. The summed E-state index contributed by atoms with van der Waals surface area (Å²) in [4.78, 5) is 74.0. The fraction of sp³-hybridized carbons (Fsp3) is 0.483. The summed E-state index contributed by atoms with van der Waals surface area (Å²) in [7, 11) is -2.43. The Labute approximate surface area is 457 Å². The van der Waals surface area contributed by atoms with Gasteiger partial charge in [0.25, 0.3) is 5.91 Å². The van der Waals surface area contributed by atoms with Crippen LogP contribution in [-0.2, 0) is 30.6 Å². The van der Waals surface area contributed by atoms with Crippen molar-refractivity contribution in [1.29, 1.82) is 0 Å². The average molecular weight is 1110 g/mol. The molecule has 2 N–H and O–H groups in total. The molecule has 5 atom stereocenters. The summed E-state index contributed by atoms with van der Waals surface area (Å²) in [5.74, 6) is -0.791. The number of nitrogens with zero attached hydrogens (tertiary/aromatic N) is 5. The molecule has 0 unspecified atom stereocenters. The molecular weight excluding hydrogens is 1040 g/mol. The number of methoxy groups -OCH3 is 1. The molecule has 4 fully saturated rings. The van der Waals surface area contributed by atoms with Crippen molar-refractivity contribution in [2.75, 3.05) is 50.1 Å². The topological polar surface area (TPSA) is 180 Å². The highest BCUT2D eigenvalue weighted by molar-refractivity contribution is 7.91. The molecule has 5 aliphatic rings. The number of aromatic nitrogens is 2. The SMILES string of the molecule is COc1ccc2c(O[C@@H]3C[C@H]4C(=O)C[C@]5(C(=O)NS(=O)(=O)C6(C)CC6)C[C@H]5/C=C\CCCCC[C@H](Nc5cccc(C(=O)N6CCN(c7cccc(C(F)(F)F)c7)CC6)c5)C(=O)N4C3)cc(-c3nc(C(C)C)cs3)nc2c1C. The van der Waals surface area contributed by atoms with Gasteiger partial charge in [-0.15, -0.1) is 11.3 Å². The van der Waals surface area contributed by atoms with Gasteiger partial charge in [0.15, 0.2) is 5.78 Å². The Morgan fingerprint density at radius 3 is 2.42 bits per heavy atom. The van der Waals surface area contributed by atoms with Crippen molar-refractivity contribution >= 4 is 67.1 Å². The van der Waals surface area contributed by atoms with Gasteiger partial charge in [-0.2, -0.15) is 13.2 Å². The van der Waals surface area contributed by atoms with Crippen LogP contribution in [0.15, 0.2) is 84.3 Å². The third kappa shape index (κ3) is 11.2. The zero-order valence-electron chi connectivity index (χ0n) is 44.5. The maximum absolute atomic E-state index is 15.4. The molecule has 15 nitrogen and oxygen atoms in total. The lowest BCUT2D eigenvalue weighted by Crippen LogP contribution is -2.49. The molecule has 2 aromatic heterocycles. The number of ether oxygens (including phenoxy) is 2. The van der Waals surface area contributed by atoms with Crippen LogP contribution in [0.2, 0.25) is 0 Å². The number of nitrogens with one attached hydrogen (secondary N) is 2. The standard InChI is InChI=1S/C58H66F3N7O8S2/c1-35(2)46-34-77-52(64-46)45-30-50(43-19-20-49(75-5)36(3)51(43)63-45)76-42-29-47-48(69)32-57(55(72)65-78(73,74)56(4)21-22-56)31-39(57)14-9-7-6-8-10-18-44(54(71)68(47)33-42)62-40-16-11-13-37(27-40)53(70)67-25-23-66(24-26-67)41-17-12-15-38(28-41)58(59,60)61/h9,11-17,19-20,27-28,30,34-35,39,42,44,47,62H,6-8,10,18,21-26,29,31-33H2,1-5H3,(H,65,72)/b14-9-/t39-,42-,44+,47+,57-/m1/s1. The smallest absolute Gasteiger partial charge is 0.416 e. The number of anilines is 2. The van der Waals surface area contributed by atoms with Crippen LogP contribution < -0.4 is 24.4 Å². The van der Waals surface area contributed by atoms with E-state index in [1.165, 1.54) is 17.4 Å². The Bertz CT molecular complexity index is 3280. The van der Waals surface area contributed by atoms with Crippen molar-refractivity contribution in [3.63, 3.8) is 0 Å². The molecule has 20 heteroatoms. The molecule has 414 valence electrons. The van der Waals surface area contributed by atoms with Crippen molar-refractivity contribution in [3.05, 3.63) is 107 Å². The van der Waals surface area contributed by atoms with Gasteiger partial charge >= 0.3 is 6.18 Å². The minimum atomic E-state index is -4.48. The molecule has 2 saturated carbocycles. The number of alkyl halides is 3. The van der Waals surface area contributed by atoms with Crippen LogP contribution in [-0.4, -0.2) is 114 Å². The molecule has 0 radical (unpaired) electrons. The first kappa shape index (κ1) is 54.8. The monoisotopic (exact) mass is 1110 g/mol. The second-order valence-corrected chi connectivity index (χ2v) is 25.2. The minimum Gasteiger partial charge on any atom is -0.496 e. The molecule has 5 aromatic rings. The van der Waals surface area contributed by atoms with Crippen LogP contribution in [0.3, 0.4) is 0 Å². The Morgan fingerprint density at radius 2 is 1.71 bits per heavy atom. The number of rotatable bonds is 12. The van der Waals surface area contributed by atoms with Crippen molar-refractivity contribution < 1.29 is 50.2 Å². The molecule has 0 spiro atoms. The number of sulfonamides is 1. The van der Waals surface area contributed by atoms with Gasteiger partial charge in [0.2, 0.25) is 21.8 Å². The van der Waals surface area contributed by atoms with Gasteiger partial charge in [-0.05, 0) is 113 Å². The number of thiazole rings is 1. The molecule has 3 aromatic carbocycles.